The Morgan fingerprint density at radius 3 is 2.13 bits per heavy atom. The van der Waals surface area contributed by atoms with Gasteiger partial charge in [0.2, 0.25) is 0 Å². The van der Waals surface area contributed by atoms with Gasteiger partial charge in [0.15, 0.2) is 0 Å². The zero-order valence-corrected chi connectivity index (χ0v) is 43.8. The summed E-state index contributed by atoms with van der Waals surface area (Å²) in [5.74, 6) is 0.445. The number of imidazole rings is 1. The minimum absolute atomic E-state index is 0. The number of thiophene rings is 1. The quantitative estimate of drug-likeness (QED) is 0.112. The summed E-state index contributed by atoms with van der Waals surface area (Å²) in [6.45, 7) is 19.0. The van der Waals surface area contributed by atoms with E-state index in [1.807, 2.05) is 99.8 Å². The van der Waals surface area contributed by atoms with Crippen molar-refractivity contribution in [3.05, 3.63) is 192 Å². The number of fused-ring (bicyclic) bond motifs is 4. The van der Waals surface area contributed by atoms with Gasteiger partial charge in [0, 0.05) is 39.3 Å². The molecule has 0 amide bonds. The molecule has 0 fully saturated rings. The van der Waals surface area contributed by atoms with Gasteiger partial charge in [-0.3, -0.25) is 4.98 Å². The van der Waals surface area contributed by atoms with Crippen LogP contribution in [0, 0.1) is 30.8 Å². The number of halogens is 1. The maximum atomic E-state index is 15.4. The molecule has 0 aliphatic rings. The van der Waals surface area contributed by atoms with E-state index in [-0.39, 0.29) is 37.3 Å². The molecule has 0 bridgehead atoms. The number of benzene rings is 7. The van der Waals surface area contributed by atoms with E-state index in [4.69, 9.17) is 7.73 Å². The number of hydrogen-bond donors (Lipinski definition) is 0. The van der Waals surface area contributed by atoms with Crippen LogP contribution in [0.25, 0.3) is 81.8 Å². The summed E-state index contributed by atoms with van der Waals surface area (Å²) in [5.41, 5.74) is 12.2. The van der Waals surface area contributed by atoms with E-state index >= 15 is 4.39 Å². The Hall–Kier alpha value is -5.82. The number of hydrogen-bond acceptors (Lipinski definition) is 3. The average Bonchev–Trinajstić information content (AvgIpc) is 3.90. The zero-order valence-electron chi connectivity index (χ0n) is 41.5. The Bertz CT molecular complexity index is 3460. The Morgan fingerprint density at radius 1 is 0.776 bits per heavy atom. The monoisotopic (exact) mass is 1090 g/mol. The Balaban J connectivity index is 0.000000227. The van der Waals surface area contributed by atoms with Crippen LogP contribution in [-0.4, -0.2) is 22.6 Å². The summed E-state index contributed by atoms with van der Waals surface area (Å²) < 4.78 is 37.3. The predicted molar refractivity (Wildman–Crippen MR) is 283 cm³/mol. The molecule has 3 aromatic heterocycles. The van der Waals surface area contributed by atoms with E-state index in [1.165, 1.54) is 31.3 Å². The van der Waals surface area contributed by atoms with Gasteiger partial charge in [0.05, 0.1) is 30.6 Å². The second kappa shape index (κ2) is 19.4. The molecule has 339 valence electrons. The summed E-state index contributed by atoms with van der Waals surface area (Å²) >= 11 is 1.80. The van der Waals surface area contributed by atoms with Gasteiger partial charge in [0.25, 0.3) is 0 Å². The minimum Gasteiger partial charge on any atom is -0.332 e. The van der Waals surface area contributed by atoms with Crippen molar-refractivity contribution in [1.82, 2.24) is 14.5 Å². The topological polar surface area (TPSA) is 30.7 Å². The molecule has 3 heterocycles. The van der Waals surface area contributed by atoms with Crippen LogP contribution in [0.3, 0.4) is 0 Å². The van der Waals surface area contributed by atoms with Gasteiger partial charge >= 0.3 is 0 Å². The number of aromatic nitrogens is 3. The van der Waals surface area contributed by atoms with E-state index in [1.54, 1.807) is 23.5 Å². The first-order valence-corrected chi connectivity index (χ1v) is 27.0. The van der Waals surface area contributed by atoms with Crippen LogP contribution >= 0.6 is 11.3 Å². The zero-order chi connectivity index (χ0) is 48.1. The van der Waals surface area contributed by atoms with Gasteiger partial charge in [-0.1, -0.05) is 169 Å². The molecule has 67 heavy (non-hydrogen) atoms. The van der Waals surface area contributed by atoms with Crippen LogP contribution in [0.1, 0.15) is 54.1 Å². The van der Waals surface area contributed by atoms with Crippen molar-refractivity contribution < 1.29 is 27.2 Å². The smallest absolute Gasteiger partial charge is 0.124 e. The first-order chi connectivity index (χ1) is 32.4. The largest absolute Gasteiger partial charge is 0.332 e. The third-order valence-electron chi connectivity index (χ3n) is 12.0. The van der Waals surface area contributed by atoms with Crippen molar-refractivity contribution in [2.75, 3.05) is 0 Å². The van der Waals surface area contributed by atoms with E-state index in [2.05, 4.69) is 129 Å². The molecule has 0 saturated heterocycles. The summed E-state index contributed by atoms with van der Waals surface area (Å²) in [4.78, 5) is 9.86. The molecule has 0 aliphatic carbocycles. The molecule has 10 rings (SSSR count). The second-order valence-corrected chi connectivity index (χ2v) is 25.5. The molecule has 0 spiro atoms. The Labute approximate surface area is 417 Å². The maximum Gasteiger partial charge on any atom is 0.124 e. The third-order valence-corrected chi connectivity index (χ3v) is 15.2. The van der Waals surface area contributed by atoms with Crippen molar-refractivity contribution >= 4 is 55.8 Å². The molecule has 3 nitrogen and oxygen atoms in total. The molecule has 0 saturated carbocycles. The van der Waals surface area contributed by atoms with Crippen LogP contribution in [0.5, 0.6) is 0 Å². The van der Waals surface area contributed by atoms with Crippen LogP contribution in [0.15, 0.2) is 158 Å². The third kappa shape index (κ3) is 9.80. The van der Waals surface area contributed by atoms with Crippen molar-refractivity contribution in [1.29, 1.82) is 0 Å². The van der Waals surface area contributed by atoms with Gasteiger partial charge in [-0.25, -0.2) is 4.39 Å². The van der Waals surface area contributed by atoms with E-state index in [0.29, 0.717) is 0 Å². The summed E-state index contributed by atoms with van der Waals surface area (Å²) in [6.07, 6.45) is 0.535. The van der Waals surface area contributed by atoms with E-state index in [9.17, 15) is 0 Å². The van der Waals surface area contributed by atoms with Gasteiger partial charge in [-0.05, 0) is 85.2 Å². The normalized spacial score (nSPS) is 12.5. The van der Waals surface area contributed by atoms with Crippen LogP contribution in [0.4, 0.5) is 4.39 Å². The molecule has 0 unspecified atom stereocenters. The molecule has 10 aromatic rings. The number of pyridine rings is 1. The Morgan fingerprint density at radius 2 is 1.46 bits per heavy atom. The molecule has 7 heteroatoms. The van der Waals surface area contributed by atoms with Crippen molar-refractivity contribution in [2.24, 2.45) is 5.92 Å². The SMILES string of the molecule is CC(C)(C)c1cc(F)cc(-c2ccccc2)c1-n1c(-c2[c-]cc3sc4c(-c5ccccc5)cccc4c3c2)nc2ccccc21.[2H]C([2H])(c1cc(-c2[c-]cccc2C)ncc1[Si](C)(C)C)C(C)C.[Ir]. The average molecular weight is 1090 g/mol. The van der Waals surface area contributed by atoms with Crippen LogP contribution in [0.2, 0.25) is 19.6 Å². The second-order valence-electron chi connectivity index (χ2n) is 19.4. The molecule has 0 atom stereocenters. The number of rotatable bonds is 8. The minimum atomic E-state index is -1.68. The number of nitrogens with zero attached hydrogens (tertiary/aromatic N) is 3. The van der Waals surface area contributed by atoms with E-state index in [0.717, 1.165) is 72.4 Å². The number of aryl methyl sites for hydroxylation is 1. The van der Waals surface area contributed by atoms with Crippen LogP contribution < -0.4 is 5.19 Å². The summed E-state index contributed by atoms with van der Waals surface area (Å²) in [7, 11) is -1.68. The first-order valence-electron chi connectivity index (χ1n) is 23.7. The van der Waals surface area contributed by atoms with Gasteiger partial charge in [-0.2, -0.15) is 11.3 Å². The fourth-order valence-electron chi connectivity index (χ4n) is 8.82. The first kappa shape index (κ1) is 45.0. The maximum absolute atomic E-state index is 15.4. The number of para-hydroxylation sites is 2. The molecular formula is C60H56FIrN3SSi-2. The Kier molecular flexibility index (Phi) is 13.0. The van der Waals surface area contributed by atoms with Crippen molar-refractivity contribution in [3.63, 3.8) is 0 Å². The van der Waals surface area contributed by atoms with Crippen molar-refractivity contribution in [2.45, 2.75) is 73.0 Å². The summed E-state index contributed by atoms with van der Waals surface area (Å²) in [6, 6.07) is 57.7. The predicted octanol–water partition coefficient (Wildman–Crippen LogP) is 16.2. The van der Waals surface area contributed by atoms with Crippen molar-refractivity contribution in [3.8, 4) is 50.6 Å². The van der Waals surface area contributed by atoms with Gasteiger partial charge in [0.1, 0.15) is 5.82 Å². The molecule has 0 N–H and O–H groups in total. The fraction of sp³-hybridized carbons (Fsp3) is 0.200. The van der Waals surface area contributed by atoms with Gasteiger partial charge < -0.3 is 9.55 Å². The fourth-order valence-corrected chi connectivity index (χ4v) is 11.4. The van der Waals surface area contributed by atoms with Crippen LogP contribution in [-0.2, 0) is 31.9 Å². The molecule has 0 aliphatic heterocycles. The molecule has 1 radical (unpaired) electrons. The summed E-state index contributed by atoms with van der Waals surface area (Å²) in [5, 5.41) is 3.50. The molecular weight excluding hydrogens is 1030 g/mol. The standard InChI is InChI=1S/C41H30FN2S.C19H26NSi.Ir/c1-41(2,3)34-25-29(42)24-32(27-15-8-5-9-16-27)38(34)44-36-20-11-10-19-35(36)43-40(44)28-21-22-37-33(23-28)31-18-12-17-30(39(31)45-37)26-13-6-4-7-14-26;1-14(2)11-16-12-18(17-10-8-7-9-15(17)3)20-13-19(16)21(4,5)6;/h4-20,22-25H,1-3H3;7-9,12-14H,11H2,1-6H3;/q2*-1;/i;11D2;. The van der Waals surface area contributed by atoms with Gasteiger partial charge in [-0.15, -0.1) is 59.2 Å². The van der Waals surface area contributed by atoms with E-state index < -0.39 is 14.4 Å². The molecule has 7 aromatic carbocycles.